The summed E-state index contributed by atoms with van der Waals surface area (Å²) in [6, 6.07) is 7.34. The molecule has 0 aliphatic carbocycles. The Bertz CT molecular complexity index is 259. The van der Waals surface area contributed by atoms with Gasteiger partial charge in [-0.05, 0) is 24.3 Å². The van der Waals surface area contributed by atoms with E-state index in [9.17, 15) is 0 Å². The van der Waals surface area contributed by atoms with Gasteiger partial charge in [-0.1, -0.05) is 6.26 Å². The summed E-state index contributed by atoms with van der Waals surface area (Å²) in [5.74, 6) is 1.59. The molecule has 0 heterocycles. The molecule has 0 unspecified atom stereocenters. The molecule has 0 atom stereocenters. The molecule has 1 aromatic carbocycles. The summed E-state index contributed by atoms with van der Waals surface area (Å²) in [5, 5.41) is 0. The third kappa shape index (κ3) is 5.15. The molecule has 0 fully saturated rings. The fourth-order valence-electron chi connectivity index (χ4n) is 0.781. The molecule has 14 heavy (non-hydrogen) atoms. The van der Waals surface area contributed by atoms with Crippen LogP contribution in [-0.2, 0) is 17.3 Å². The Hall–Kier alpha value is -0.657. The van der Waals surface area contributed by atoms with Gasteiger partial charge in [-0.3, -0.25) is 0 Å². The first-order valence-corrected chi connectivity index (χ1v) is 7.78. The number of ether oxygens (including phenoxy) is 2. The molecule has 1 rings (SSSR count). The summed E-state index contributed by atoms with van der Waals surface area (Å²) < 4.78 is 10.1. The van der Waals surface area contributed by atoms with Crippen molar-refractivity contribution < 1.29 is 26.8 Å². The van der Waals surface area contributed by atoms with Crippen LogP contribution in [0.3, 0.4) is 0 Å². The molecule has 0 aliphatic heterocycles. The van der Waals surface area contributed by atoms with Crippen LogP contribution in [-0.4, -0.2) is 7.11 Å². The van der Waals surface area contributed by atoms with Gasteiger partial charge in [0.15, 0.2) is 0 Å². The number of rotatable bonds is 3. The van der Waals surface area contributed by atoms with Crippen LogP contribution in [0, 0.1) is 6.92 Å². The van der Waals surface area contributed by atoms with Crippen LogP contribution < -0.4 is 9.47 Å². The molecule has 0 aliphatic rings. The number of benzene rings is 1. The molecule has 0 saturated carbocycles. The van der Waals surface area contributed by atoms with Crippen LogP contribution in [0.5, 0.6) is 11.5 Å². The van der Waals surface area contributed by atoms with Gasteiger partial charge in [-0.15, -0.1) is 0 Å². The van der Waals surface area contributed by atoms with Crippen LogP contribution in [0.2, 0.25) is 0 Å². The Labute approximate surface area is 98.6 Å². The van der Waals surface area contributed by atoms with Crippen molar-refractivity contribution in [1.29, 1.82) is 0 Å². The first-order chi connectivity index (χ1) is 6.86. The predicted octanol–water partition coefficient (Wildman–Crippen LogP) is 3.11. The summed E-state index contributed by atoms with van der Waals surface area (Å²) in [5.41, 5.74) is 0. The summed E-state index contributed by atoms with van der Waals surface area (Å²) in [6.45, 7) is 3.50. The van der Waals surface area contributed by atoms with E-state index in [-0.39, 0.29) is 0 Å². The predicted molar refractivity (Wildman–Crippen MR) is 54.0 cm³/mol. The Morgan fingerprint density at radius 2 is 1.71 bits per heavy atom. The van der Waals surface area contributed by atoms with Crippen molar-refractivity contribution in [2.45, 2.75) is 0 Å². The number of methoxy groups -OCH3 is 1. The van der Waals surface area contributed by atoms with Crippen molar-refractivity contribution >= 4 is 9.69 Å². The van der Waals surface area contributed by atoms with E-state index in [1.54, 1.807) is 13.2 Å². The van der Waals surface area contributed by atoms with Crippen LogP contribution >= 0.6 is 9.69 Å². The van der Waals surface area contributed by atoms with Gasteiger partial charge in [0.05, 0.1) is 7.11 Å². The van der Waals surface area contributed by atoms with Crippen LogP contribution in [0.25, 0.3) is 0 Å². The molecule has 1 aromatic rings. The quantitative estimate of drug-likeness (QED) is 0.474. The van der Waals surface area contributed by atoms with Crippen molar-refractivity contribution in [3.8, 4) is 11.5 Å². The minimum absolute atomic E-state index is 0.774. The Morgan fingerprint density at radius 3 is 2.14 bits per heavy atom. The summed E-state index contributed by atoms with van der Waals surface area (Å²) in [6.07, 6.45) is 3.12. The van der Waals surface area contributed by atoms with Gasteiger partial charge in [0.2, 0.25) is 0 Å². The van der Waals surface area contributed by atoms with E-state index < -0.39 is 0 Å². The zero-order chi connectivity index (χ0) is 10.8. The molecule has 4 heteroatoms. The molecule has 72 valence electrons. The van der Waals surface area contributed by atoms with Crippen LogP contribution in [0.4, 0.5) is 0 Å². The standard InChI is InChI=1S/C10H11O2.ClH.Zn/c1-3-8-12-10-6-4-9(11-2)5-7-10;;/h3-8H,1H2,2H3;1H;/q-1;;+2/p-1/b8-3-;;. The van der Waals surface area contributed by atoms with E-state index >= 15 is 0 Å². The maximum atomic E-state index is 5.16. The van der Waals surface area contributed by atoms with Crippen molar-refractivity contribution in [2.24, 2.45) is 0 Å². The molecule has 0 radical (unpaired) electrons. The first kappa shape index (κ1) is 13.3. The summed E-state index contributed by atoms with van der Waals surface area (Å²) in [4.78, 5) is 0. The molecule has 0 N–H and O–H groups in total. The topological polar surface area (TPSA) is 18.5 Å². The fraction of sp³-hybridized carbons (Fsp3) is 0.100. The number of hydrogen-bond donors (Lipinski definition) is 0. The van der Waals surface area contributed by atoms with Gasteiger partial charge >= 0.3 is 27.0 Å². The van der Waals surface area contributed by atoms with Gasteiger partial charge < -0.3 is 9.47 Å². The van der Waals surface area contributed by atoms with Crippen molar-refractivity contribution in [1.82, 2.24) is 0 Å². The Balaban J connectivity index is 0.000000791. The Kier molecular flexibility index (Phi) is 8.50. The molecule has 0 amide bonds. The molecule has 0 bridgehead atoms. The molecule has 0 saturated heterocycles. The summed E-state index contributed by atoms with van der Waals surface area (Å²) in [7, 11) is 6.39. The van der Waals surface area contributed by atoms with Gasteiger partial charge in [0.1, 0.15) is 11.5 Å². The first-order valence-electron chi connectivity index (χ1n) is 3.88. The minimum atomic E-state index is 0.774. The van der Waals surface area contributed by atoms with Crippen molar-refractivity contribution in [3.05, 3.63) is 43.5 Å². The van der Waals surface area contributed by atoms with Crippen molar-refractivity contribution in [3.63, 3.8) is 0 Å². The fourth-order valence-corrected chi connectivity index (χ4v) is 0.781. The second-order valence-electron chi connectivity index (χ2n) is 2.17. The zero-order valence-corrected chi connectivity index (χ0v) is 11.8. The molecular formula is C10H11ClO2Zn. The van der Waals surface area contributed by atoms with E-state index in [1.165, 1.54) is 6.26 Å². The van der Waals surface area contributed by atoms with Gasteiger partial charge in [-0.25, -0.2) is 6.92 Å². The van der Waals surface area contributed by atoms with E-state index in [0.29, 0.717) is 0 Å². The van der Waals surface area contributed by atoms with Crippen LogP contribution in [0.15, 0.2) is 36.6 Å². The maximum absolute atomic E-state index is 5.16. The van der Waals surface area contributed by atoms with Crippen molar-refractivity contribution in [2.75, 3.05) is 7.11 Å². The Morgan fingerprint density at radius 1 is 1.21 bits per heavy atom. The van der Waals surface area contributed by atoms with E-state index in [4.69, 9.17) is 19.2 Å². The molecule has 0 aromatic heterocycles. The van der Waals surface area contributed by atoms with Gasteiger partial charge in [0.25, 0.3) is 0 Å². The number of hydrogen-bond acceptors (Lipinski definition) is 2. The zero-order valence-electron chi connectivity index (χ0n) is 8.07. The average Bonchev–Trinajstić information content (AvgIpc) is 2.30. The van der Waals surface area contributed by atoms with Gasteiger partial charge in [-0.2, -0.15) is 6.08 Å². The van der Waals surface area contributed by atoms with Gasteiger partial charge in [0, 0.05) is 0 Å². The SMILES string of the molecule is [CH2-]/C=C\Oc1ccc(OC)cc1.[Cl][Zn+]. The average molecular weight is 264 g/mol. The summed E-state index contributed by atoms with van der Waals surface area (Å²) >= 11 is 0.847. The second kappa shape index (κ2) is 8.92. The molecule has 2 nitrogen and oxygen atoms in total. The monoisotopic (exact) mass is 262 g/mol. The third-order valence-corrected chi connectivity index (χ3v) is 1.36. The number of halogens is 1. The van der Waals surface area contributed by atoms with E-state index in [1.807, 2.05) is 24.3 Å². The van der Waals surface area contributed by atoms with E-state index in [2.05, 4.69) is 6.92 Å². The normalized spacial score (nSPS) is 9.14. The molecule has 0 spiro atoms. The number of allylic oxidation sites excluding steroid dienone is 1. The molecular weight excluding hydrogens is 253 g/mol. The van der Waals surface area contributed by atoms with Crippen LogP contribution in [0.1, 0.15) is 0 Å². The van der Waals surface area contributed by atoms with E-state index in [0.717, 1.165) is 28.8 Å². The second-order valence-corrected chi connectivity index (χ2v) is 2.17. The third-order valence-electron chi connectivity index (χ3n) is 1.36.